The van der Waals surface area contributed by atoms with E-state index in [1.807, 2.05) is 0 Å². The molecule has 0 spiro atoms. The summed E-state index contributed by atoms with van der Waals surface area (Å²) in [6.45, 7) is 1.66. The van der Waals surface area contributed by atoms with Gasteiger partial charge >= 0.3 is 6.18 Å². The molecule has 3 aromatic rings. The molecule has 136 valence electrons. The van der Waals surface area contributed by atoms with E-state index >= 15 is 0 Å². The molecule has 0 fully saturated rings. The maximum Gasteiger partial charge on any atom is 0.433 e. The van der Waals surface area contributed by atoms with Gasteiger partial charge < -0.3 is 4.42 Å². The molecule has 0 amide bonds. The third-order valence-corrected chi connectivity index (χ3v) is 4.89. The molecule has 6 nitrogen and oxygen atoms in total. The number of sulfonamides is 1. The predicted molar refractivity (Wildman–Crippen MR) is 86.7 cm³/mol. The molecular formula is C16H12F3N3O3S. The summed E-state index contributed by atoms with van der Waals surface area (Å²) >= 11 is 0. The number of hydrogen-bond acceptors (Lipinski definition) is 5. The third-order valence-electron chi connectivity index (χ3n) is 3.53. The Morgan fingerprint density at radius 1 is 1.15 bits per heavy atom. The third kappa shape index (κ3) is 3.69. The summed E-state index contributed by atoms with van der Waals surface area (Å²) in [7, 11) is -4.24. The first-order valence-corrected chi connectivity index (χ1v) is 8.71. The molecule has 2 heterocycles. The molecule has 0 atom stereocenters. The summed E-state index contributed by atoms with van der Waals surface area (Å²) in [5.74, 6) is 0.425. The van der Waals surface area contributed by atoms with Crippen molar-refractivity contribution in [2.45, 2.75) is 18.0 Å². The maximum absolute atomic E-state index is 12.8. The monoisotopic (exact) mass is 383 g/mol. The fraction of sp³-hybridized carbons (Fsp3) is 0.125. The van der Waals surface area contributed by atoms with Gasteiger partial charge in [0, 0.05) is 11.8 Å². The number of nitrogens with one attached hydrogen (secondary N) is 1. The van der Waals surface area contributed by atoms with Gasteiger partial charge in [0.2, 0.25) is 0 Å². The maximum atomic E-state index is 12.8. The SMILES string of the molecule is Cc1ccc(-c2cnco2)cc1NS(=O)(=O)c1ccnc(C(F)(F)F)c1. The topological polar surface area (TPSA) is 85.1 Å². The van der Waals surface area contributed by atoms with Crippen LogP contribution in [0.3, 0.4) is 0 Å². The van der Waals surface area contributed by atoms with Gasteiger partial charge in [0.1, 0.15) is 5.69 Å². The summed E-state index contributed by atoms with van der Waals surface area (Å²) in [6.07, 6.45) is -1.25. The Morgan fingerprint density at radius 2 is 1.92 bits per heavy atom. The highest BCUT2D eigenvalue weighted by Crippen LogP contribution is 2.30. The summed E-state index contributed by atoms with van der Waals surface area (Å²) in [5, 5.41) is 0. The zero-order chi connectivity index (χ0) is 18.9. The van der Waals surface area contributed by atoms with E-state index in [9.17, 15) is 21.6 Å². The van der Waals surface area contributed by atoms with Crippen molar-refractivity contribution in [3.63, 3.8) is 0 Å². The van der Waals surface area contributed by atoms with Crippen molar-refractivity contribution in [2.75, 3.05) is 4.72 Å². The highest BCUT2D eigenvalue weighted by atomic mass is 32.2. The van der Waals surface area contributed by atoms with Gasteiger partial charge in [0.25, 0.3) is 10.0 Å². The largest absolute Gasteiger partial charge is 0.444 e. The van der Waals surface area contributed by atoms with Crippen LogP contribution in [-0.2, 0) is 16.2 Å². The molecule has 0 saturated carbocycles. The van der Waals surface area contributed by atoms with Gasteiger partial charge in [-0.2, -0.15) is 13.2 Å². The van der Waals surface area contributed by atoms with Crippen molar-refractivity contribution < 1.29 is 26.0 Å². The zero-order valence-electron chi connectivity index (χ0n) is 13.3. The Morgan fingerprint density at radius 3 is 2.58 bits per heavy atom. The molecule has 10 heteroatoms. The molecule has 3 rings (SSSR count). The van der Waals surface area contributed by atoms with E-state index in [1.54, 1.807) is 19.1 Å². The molecule has 26 heavy (non-hydrogen) atoms. The fourth-order valence-electron chi connectivity index (χ4n) is 2.18. The molecule has 0 aliphatic carbocycles. The average molecular weight is 383 g/mol. The van der Waals surface area contributed by atoms with Crippen LogP contribution in [0, 0.1) is 6.92 Å². The van der Waals surface area contributed by atoms with Crippen LogP contribution < -0.4 is 4.72 Å². The minimum absolute atomic E-state index is 0.212. The molecule has 1 N–H and O–H groups in total. The standard InChI is InChI=1S/C16H12F3N3O3S/c1-10-2-3-11(14-8-20-9-25-14)6-13(10)22-26(23,24)12-4-5-21-15(7-12)16(17,18)19/h2-9,22H,1H3. The van der Waals surface area contributed by atoms with Gasteiger partial charge in [-0.25, -0.2) is 13.4 Å². The lowest BCUT2D eigenvalue weighted by atomic mass is 10.1. The summed E-state index contributed by atoms with van der Waals surface area (Å²) in [6, 6.07) is 6.36. The number of oxazole rings is 1. The fourth-order valence-corrected chi connectivity index (χ4v) is 3.31. The van der Waals surface area contributed by atoms with E-state index in [1.165, 1.54) is 18.7 Å². The molecule has 2 aromatic heterocycles. The smallest absolute Gasteiger partial charge is 0.433 e. The molecule has 0 bridgehead atoms. The first kappa shape index (κ1) is 17.9. The lowest BCUT2D eigenvalue weighted by Crippen LogP contribution is -2.16. The number of aromatic nitrogens is 2. The minimum Gasteiger partial charge on any atom is -0.444 e. The molecule has 0 aliphatic rings. The highest BCUT2D eigenvalue weighted by molar-refractivity contribution is 7.92. The van der Waals surface area contributed by atoms with E-state index in [2.05, 4.69) is 14.7 Å². The number of hydrogen-bond donors (Lipinski definition) is 1. The van der Waals surface area contributed by atoms with Crippen molar-refractivity contribution >= 4 is 15.7 Å². The molecule has 0 radical (unpaired) electrons. The molecular weight excluding hydrogens is 371 g/mol. The van der Waals surface area contributed by atoms with Gasteiger partial charge in [-0.1, -0.05) is 12.1 Å². The van der Waals surface area contributed by atoms with Crippen LogP contribution in [0.15, 0.2) is 58.4 Å². The number of halogens is 3. The van der Waals surface area contributed by atoms with Crippen molar-refractivity contribution in [2.24, 2.45) is 0 Å². The number of rotatable bonds is 4. The number of benzene rings is 1. The van der Waals surface area contributed by atoms with Gasteiger partial charge in [-0.3, -0.25) is 9.71 Å². The van der Waals surface area contributed by atoms with Crippen molar-refractivity contribution in [1.82, 2.24) is 9.97 Å². The van der Waals surface area contributed by atoms with Crippen molar-refractivity contribution in [1.29, 1.82) is 0 Å². The summed E-state index contributed by atoms with van der Waals surface area (Å²) < 4.78 is 70.7. The van der Waals surface area contributed by atoms with E-state index in [0.29, 0.717) is 23.0 Å². The quantitative estimate of drug-likeness (QED) is 0.739. The molecule has 1 aromatic carbocycles. The number of anilines is 1. The normalized spacial score (nSPS) is 12.2. The molecule has 0 unspecified atom stereocenters. The van der Waals surface area contributed by atoms with Crippen LogP contribution in [-0.4, -0.2) is 18.4 Å². The predicted octanol–water partition coefficient (Wildman–Crippen LogP) is 3.86. The second kappa shape index (κ2) is 6.45. The van der Waals surface area contributed by atoms with Gasteiger partial charge in [-0.05, 0) is 30.7 Å². The molecule has 0 aliphatic heterocycles. The Balaban J connectivity index is 1.97. The number of nitrogens with zero attached hydrogens (tertiary/aromatic N) is 2. The second-order valence-electron chi connectivity index (χ2n) is 5.38. The average Bonchev–Trinajstić information content (AvgIpc) is 3.10. The van der Waals surface area contributed by atoms with E-state index in [0.717, 1.165) is 12.3 Å². The zero-order valence-corrected chi connectivity index (χ0v) is 14.1. The van der Waals surface area contributed by atoms with Crippen molar-refractivity contribution in [3.8, 4) is 11.3 Å². The van der Waals surface area contributed by atoms with Crippen LogP contribution in [0.25, 0.3) is 11.3 Å². The Bertz CT molecular complexity index is 1030. The minimum atomic E-state index is -4.74. The van der Waals surface area contributed by atoms with Gasteiger partial charge in [0.05, 0.1) is 16.8 Å². The van der Waals surface area contributed by atoms with Crippen LogP contribution in [0.2, 0.25) is 0 Å². The lowest BCUT2D eigenvalue weighted by Gasteiger charge is -2.13. The first-order valence-electron chi connectivity index (χ1n) is 7.22. The van der Waals surface area contributed by atoms with Crippen LogP contribution in [0.4, 0.5) is 18.9 Å². The Kier molecular flexibility index (Phi) is 4.45. The van der Waals surface area contributed by atoms with Crippen LogP contribution >= 0.6 is 0 Å². The summed E-state index contributed by atoms with van der Waals surface area (Å²) in [4.78, 5) is 6.41. The second-order valence-corrected chi connectivity index (χ2v) is 7.06. The van der Waals surface area contributed by atoms with Crippen LogP contribution in [0.1, 0.15) is 11.3 Å². The first-order chi connectivity index (χ1) is 12.2. The highest BCUT2D eigenvalue weighted by Gasteiger charge is 2.33. The number of aryl methyl sites for hydroxylation is 1. The number of alkyl halides is 3. The van der Waals surface area contributed by atoms with Crippen molar-refractivity contribution in [3.05, 3.63) is 60.4 Å². The lowest BCUT2D eigenvalue weighted by molar-refractivity contribution is -0.141. The van der Waals surface area contributed by atoms with E-state index in [-0.39, 0.29) is 5.69 Å². The Labute approximate surface area is 146 Å². The summed E-state index contributed by atoms with van der Waals surface area (Å²) in [5.41, 5.74) is 0.0789. The Hall–Kier alpha value is -2.88. The van der Waals surface area contributed by atoms with Gasteiger partial charge in [-0.15, -0.1) is 0 Å². The van der Waals surface area contributed by atoms with Crippen LogP contribution in [0.5, 0.6) is 0 Å². The van der Waals surface area contributed by atoms with Gasteiger partial charge in [0.15, 0.2) is 12.2 Å². The number of pyridine rings is 1. The van der Waals surface area contributed by atoms with E-state index < -0.39 is 26.8 Å². The molecule has 0 saturated heterocycles. The van der Waals surface area contributed by atoms with E-state index in [4.69, 9.17) is 4.42 Å².